The Morgan fingerprint density at radius 3 is 2.36 bits per heavy atom. The normalized spacial score (nSPS) is 15.1. The lowest BCUT2D eigenvalue weighted by Gasteiger charge is -2.15. The van der Waals surface area contributed by atoms with E-state index in [4.69, 9.17) is 4.74 Å². The first-order valence-electron chi connectivity index (χ1n) is 9.99. The maximum atomic E-state index is 12.2. The Hall–Kier alpha value is -1.58. The van der Waals surface area contributed by atoms with Crippen LogP contribution < -0.4 is 0 Å². The van der Waals surface area contributed by atoms with Crippen LogP contribution in [0.15, 0.2) is 23.8 Å². The zero-order valence-electron chi connectivity index (χ0n) is 16.1. The highest BCUT2D eigenvalue weighted by molar-refractivity contribution is 5.82. The van der Waals surface area contributed by atoms with Crippen LogP contribution in [0.3, 0.4) is 0 Å². The van der Waals surface area contributed by atoms with Crippen LogP contribution >= 0.6 is 0 Å². The average molecular weight is 350 g/mol. The van der Waals surface area contributed by atoms with E-state index in [2.05, 4.69) is 19.9 Å². The van der Waals surface area contributed by atoms with E-state index in [-0.39, 0.29) is 11.9 Å². The molecule has 142 valence electrons. The molecular weight excluding hydrogens is 314 g/mol. The van der Waals surface area contributed by atoms with Gasteiger partial charge in [-0.3, -0.25) is 4.79 Å². The molecule has 0 atom stereocenters. The van der Waals surface area contributed by atoms with E-state index in [9.17, 15) is 9.59 Å². The molecule has 4 heteroatoms. The first-order valence-corrected chi connectivity index (χ1v) is 9.99. The summed E-state index contributed by atoms with van der Waals surface area (Å²) in [5.41, 5.74) is 1.07. The molecule has 0 aromatic carbocycles. The molecule has 0 bridgehead atoms. The van der Waals surface area contributed by atoms with Gasteiger partial charge in [0.15, 0.2) is 0 Å². The Morgan fingerprint density at radius 2 is 1.68 bits per heavy atom. The lowest BCUT2D eigenvalue weighted by atomic mass is 10.1. The van der Waals surface area contributed by atoms with Crippen molar-refractivity contribution in [3.8, 4) is 0 Å². The van der Waals surface area contributed by atoms with Crippen molar-refractivity contribution in [2.75, 3.05) is 19.7 Å². The van der Waals surface area contributed by atoms with Gasteiger partial charge in [0.2, 0.25) is 5.91 Å². The Morgan fingerprint density at radius 1 is 0.960 bits per heavy atom. The van der Waals surface area contributed by atoms with Crippen molar-refractivity contribution in [2.45, 2.75) is 78.1 Å². The van der Waals surface area contributed by atoms with Crippen molar-refractivity contribution in [3.63, 3.8) is 0 Å². The molecule has 1 rings (SSSR count). The zero-order valence-corrected chi connectivity index (χ0v) is 16.1. The molecule has 0 unspecified atom stereocenters. The molecular formula is C21H35NO3. The van der Waals surface area contributed by atoms with Gasteiger partial charge in [-0.1, -0.05) is 50.8 Å². The lowest BCUT2D eigenvalue weighted by Crippen LogP contribution is -2.27. The topological polar surface area (TPSA) is 46.6 Å². The summed E-state index contributed by atoms with van der Waals surface area (Å²) in [6, 6.07) is 0. The minimum atomic E-state index is -0.293. The number of allylic oxidation sites excluding steroid dienone is 3. The molecule has 1 aliphatic heterocycles. The minimum Gasteiger partial charge on any atom is -0.463 e. The van der Waals surface area contributed by atoms with Gasteiger partial charge in [-0.05, 0) is 38.5 Å². The third-order valence-electron chi connectivity index (χ3n) is 4.48. The summed E-state index contributed by atoms with van der Waals surface area (Å²) in [7, 11) is 0. The molecule has 0 aromatic heterocycles. The van der Waals surface area contributed by atoms with Gasteiger partial charge in [0.05, 0.1) is 6.61 Å². The predicted octanol–water partition coefficient (Wildman–Crippen LogP) is 4.80. The first kappa shape index (κ1) is 21.5. The minimum absolute atomic E-state index is 0.232. The number of esters is 1. The van der Waals surface area contributed by atoms with Crippen molar-refractivity contribution in [1.29, 1.82) is 0 Å². The second-order valence-electron chi connectivity index (χ2n) is 6.72. The molecule has 1 amide bonds. The summed E-state index contributed by atoms with van der Waals surface area (Å²) in [4.78, 5) is 25.9. The van der Waals surface area contributed by atoms with E-state index in [1.807, 2.05) is 11.0 Å². The van der Waals surface area contributed by atoms with Gasteiger partial charge in [0.25, 0.3) is 0 Å². The van der Waals surface area contributed by atoms with E-state index >= 15 is 0 Å². The fraction of sp³-hybridized carbons (Fsp3) is 0.714. The highest BCUT2D eigenvalue weighted by Gasteiger charge is 2.17. The van der Waals surface area contributed by atoms with Crippen molar-refractivity contribution in [3.05, 3.63) is 23.8 Å². The highest BCUT2D eigenvalue weighted by atomic mass is 16.5. The van der Waals surface area contributed by atoms with Gasteiger partial charge >= 0.3 is 5.97 Å². The smallest absolute Gasteiger partial charge is 0.330 e. The number of carbonyl (C=O) groups is 2. The molecule has 1 aliphatic rings. The van der Waals surface area contributed by atoms with Crippen LogP contribution in [-0.2, 0) is 14.3 Å². The van der Waals surface area contributed by atoms with Crippen molar-refractivity contribution >= 4 is 11.9 Å². The van der Waals surface area contributed by atoms with Gasteiger partial charge in [0, 0.05) is 25.6 Å². The monoisotopic (exact) mass is 349 g/mol. The largest absolute Gasteiger partial charge is 0.463 e. The fourth-order valence-electron chi connectivity index (χ4n) is 2.85. The average Bonchev–Trinajstić information content (AvgIpc) is 3.15. The van der Waals surface area contributed by atoms with E-state index in [0.717, 1.165) is 57.2 Å². The van der Waals surface area contributed by atoms with Crippen LogP contribution in [0.1, 0.15) is 78.1 Å². The zero-order chi connectivity index (χ0) is 18.3. The standard InChI is InChI=1S/C21H35NO3/c1-3-5-7-8-11-19(13-15-21(24)25-18-6-4-2)12-14-20(23)22-16-9-10-17-22/h11,13,15H,3-10,12,14,16-18H2,1-2H3/b15-13+,19-11+. The van der Waals surface area contributed by atoms with Gasteiger partial charge < -0.3 is 9.64 Å². The lowest BCUT2D eigenvalue weighted by molar-refractivity contribution is -0.137. The summed E-state index contributed by atoms with van der Waals surface area (Å²) < 4.78 is 5.15. The quantitative estimate of drug-likeness (QED) is 0.220. The predicted molar refractivity (Wildman–Crippen MR) is 102 cm³/mol. The van der Waals surface area contributed by atoms with Crippen LogP contribution in [0.2, 0.25) is 0 Å². The second-order valence-corrected chi connectivity index (χ2v) is 6.72. The molecule has 0 spiro atoms. The highest BCUT2D eigenvalue weighted by Crippen LogP contribution is 2.15. The van der Waals surface area contributed by atoms with Crippen molar-refractivity contribution in [2.24, 2.45) is 0 Å². The Labute approximate surface area is 153 Å². The van der Waals surface area contributed by atoms with Crippen LogP contribution in [0, 0.1) is 0 Å². The molecule has 1 heterocycles. The van der Waals surface area contributed by atoms with E-state index in [0.29, 0.717) is 19.4 Å². The SMILES string of the molecule is CCCCC/C=C(/C=C/C(=O)OCCCC)CCC(=O)N1CCCC1. The Bertz CT molecular complexity index is 448. The van der Waals surface area contributed by atoms with Crippen molar-refractivity contribution in [1.82, 2.24) is 4.90 Å². The molecule has 0 N–H and O–H groups in total. The Kier molecular flexibility index (Phi) is 11.7. The molecule has 4 nitrogen and oxygen atoms in total. The number of ether oxygens (including phenoxy) is 1. The number of unbranched alkanes of at least 4 members (excludes halogenated alkanes) is 4. The molecule has 1 fully saturated rings. The second kappa shape index (κ2) is 13.7. The summed E-state index contributed by atoms with van der Waals surface area (Å²) in [6.07, 6.45) is 15.4. The first-order chi connectivity index (χ1) is 12.2. The van der Waals surface area contributed by atoms with Crippen LogP contribution in [0.4, 0.5) is 0 Å². The maximum absolute atomic E-state index is 12.2. The number of hydrogen-bond acceptors (Lipinski definition) is 3. The number of hydrogen-bond donors (Lipinski definition) is 0. The fourth-order valence-corrected chi connectivity index (χ4v) is 2.85. The maximum Gasteiger partial charge on any atom is 0.330 e. The summed E-state index contributed by atoms with van der Waals surface area (Å²) in [6.45, 7) is 6.52. The van der Waals surface area contributed by atoms with Gasteiger partial charge in [-0.25, -0.2) is 4.79 Å². The summed E-state index contributed by atoms with van der Waals surface area (Å²) >= 11 is 0. The van der Waals surface area contributed by atoms with Gasteiger partial charge in [0.1, 0.15) is 0 Å². The molecule has 0 aromatic rings. The number of amides is 1. The number of likely N-dealkylation sites (tertiary alicyclic amines) is 1. The number of rotatable bonds is 12. The van der Waals surface area contributed by atoms with Crippen molar-refractivity contribution < 1.29 is 14.3 Å². The van der Waals surface area contributed by atoms with Gasteiger partial charge in [-0.2, -0.15) is 0 Å². The van der Waals surface area contributed by atoms with Crippen LogP contribution in [0.25, 0.3) is 0 Å². The third kappa shape index (κ3) is 10.1. The van der Waals surface area contributed by atoms with Crippen LogP contribution in [-0.4, -0.2) is 36.5 Å². The molecule has 0 aliphatic carbocycles. The number of nitrogens with zero attached hydrogens (tertiary/aromatic N) is 1. The third-order valence-corrected chi connectivity index (χ3v) is 4.48. The molecule has 0 radical (unpaired) electrons. The van der Waals surface area contributed by atoms with E-state index in [1.165, 1.54) is 18.9 Å². The number of carbonyl (C=O) groups excluding carboxylic acids is 2. The van der Waals surface area contributed by atoms with Crippen LogP contribution in [0.5, 0.6) is 0 Å². The molecule has 25 heavy (non-hydrogen) atoms. The molecule has 0 saturated carbocycles. The van der Waals surface area contributed by atoms with Gasteiger partial charge in [-0.15, -0.1) is 0 Å². The summed E-state index contributed by atoms with van der Waals surface area (Å²) in [5, 5.41) is 0. The molecule has 1 saturated heterocycles. The van der Waals surface area contributed by atoms with E-state index in [1.54, 1.807) is 0 Å². The summed E-state index contributed by atoms with van der Waals surface area (Å²) in [5.74, 6) is -0.0605. The Balaban J connectivity index is 2.49. The van der Waals surface area contributed by atoms with E-state index < -0.39 is 0 Å².